The molecule has 0 atom stereocenters. The van der Waals surface area contributed by atoms with E-state index in [0.29, 0.717) is 19.4 Å². The van der Waals surface area contributed by atoms with Crippen molar-refractivity contribution in [2.45, 2.75) is 33.2 Å². The van der Waals surface area contributed by atoms with Crippen LogP contribution < -0.4 is 11.1 Å². The molecular formula is C12H19N5O2. The highest BCUT2D eigenvalue weighted by Crippen LogP contribution is 2.46. The molecular weight excluding hydrogens is 246 g/mol. The lowest BCUT2D eigenvalue weighted by Gasteiger charge is -2.13. The third-order valence-electron chi connectivity index (χ3n) is 3.87. The van der Waals surface area contributed by atoms with E-state index in [1.165, 1.54) is 0 Å². The van der Waals surface area contributed by atoms with Crippen LogP contribution >= 0.6 is 0 Å². The Morgan fingerprint density at radius 1 is 1.58 bits per heavy atom. The van der Waals surface area contributed by atoms with Gasteiger partial charge in [0.1, 0.15) is 5.41 Å². The van der Waals surface area contributed by atoms with E-state index in [4.69, 9.17) is 10.9 Å². The Bertz CT molecular complexity index is 543. The Kier molecular flexibility index (Phi) is 3.21. The van der Waals surface area contributed by atoms with E-state index >= 15 is 0 Å². The Morgan fingerprint density at radius 2 is 2.21 bits per heavy atom. The van der Waals surface area contributed by atoms with Gasteiger partial charge in [0.25, 0.3) is 0 Å². The molecule has 0 unspecified atom stereocenters. The highest BCUT2D eigenvalue weighted by molar-refractivity contribution is 6.09. The predicted octanol–water partition coefficient (Wildman–Crippen LogP) is 0.180. The lowest BCUT2D eigenvalue weighted by Crippen LogP contribution is -2.40. The molecule has 1 heterocycles. The molecule has 7 heteroatoms. The number of carbonyl (C=O) groups is 1. The van der Waals surface area contributed by atoms with Crippen molar-refractivity contribution in [2.75, 3.05) is 0 Å². The van der Waals surface area contributed by atoms with Crippen molar-refractivity contribution in [2.24, 2.45) is 23.4 Å². The third kappa shape index (κ3) is 2.16. The summed E-state index contributed by atoms with van der Waals surface area (Å²) in [5.74, 6) is -0.199. The van der Waals surface area contributed by atoms with Crippen molar-refractivity contribution in [3.63, 3.8) is 0 Å². The second kappa shape index (κ2) is 4.56. The normalized spacial score (nSPS) is 17.3. The van der Waals surface area contributed by atoms with Gasteiger partial charge in [0.05, 0.1) is 5.69 Å². The molecule has 7 nitrogen and oxygen atoms in total. The van der Waals surface area contributed by atoms with Gasteiger partial charge in [0.2, 0.25) is 5.91 Å². The number of hydrogen-bond acceptors (Lipinski definition) is 4. The zero-order valence-electron chi connectivity index (χ0n) is 11.4. The molecule has 0 aliphatic heterocycles. The molecule has 1 amide bonds. The number of rotatable bonds is 4. The third-order valence-corrected chi connectivity index (χ3v) is 3.87. The first-order chi connectivity index (χ1) is 8.92. The molecule has 1 fully saturated rings. The first kappa shape index (κ1) is 13.4. The summed E-state index contributed by atoms with van der Waals surface area (Å²) in [6.07, 6.45) is 1.25. The van der Waals surface area contributed by atoms with E-state index in [1.807, 2.05) is 20.9 Å². The standard InChI is InChI=1S/C12H19N5O2/c1-7-9(8(2)17(3)15-7)6-14-11(18)12(4-5-12)10(13)16-19/h19H,4-6H2,1-3H3,(H2,13,16)(H,14,18). The fourth-order valence-corrected chi connectivity index (χ4v) is 2.23. The van der Waals surface area contributed by atoms with Crippen LogP contribution in [0.1, 0.15) is 29.8 Å². The summed E-state index contributed by atoms with van der Waals surface area (Å²) in [5.41, 5.74) is 7.69. The number of oxime groups is 1. The number of carbonyl (C=O) groups excluding carboxylic acids is 1. The number of hydrogen-bond donors (Lipinski definition) is 3. The Labute approximate surface area is 111 Å². The summed E-state index contributed by atoms with van der Waals surface area (Å²) in [6.45, 7) is 4.27. The van der Waals surface area contributed by atoms with Crippen LogP contribution in [0.2, 0.25) is 0 Å². The number of aromatic nitrogens is 2. The zero-order valence-corrected chi connectivity index (χ0v) is 11.4. The van der Waals surface area contributed by atoms with E-state index < -0.39 is 5.41 Å². The molecule has 0 radical (unpaired) electrons. The lowest BCUT2D eigenvalue weighted by molar-refractivity contribution is -0.124. The van der Waals surface area contributed by atoms with Gasteiger partial charge in [-0.2, -0.15) is 5.10 Å². The van der Waals surface area contributed by atoms with E-state index in [0.717, 1.165) is 17.0 Å². The van der Waals surface area contributed by atoms with Gasteiger partial charge in [-0.15, -0.1) is 0 Å². The van der Waals surface area contributed by atoms with Crippen molar-refractivity contribution in [1.29, 1.82) is 0 Å². The van der Waals surface area contributed by atoms with E-state index in [1.54, 1.807) is 4.68 Å². The minimum absolute atomic E-state index is 0.00960. The van der Waals surface area contributed by atoms with Crippen LogP contribution in [0.3, 0.4) is 0 Å². The molecule has 0 bridgehead atoms. The molecule has 1 aliphatic rings. The summed E-state index contributed by atoms with van der Waals surface area (Å²) in [5, 5.41) is 18.8. The van der Waals surface area contributed by atoms with Gasteiger partial charge in [0.15, 0.2) is 5.84 Å². The van der Waals surface area contributed by atoms with E-state index in [9.17, 15) is 4.79 Å². The van der Waals surface area contributed by atoms with Gasteiger partial charge in [-0.05, 0) is 26.7 Å². The summed E-state index contributed by atoms with van der Waals surface area (Å²) in [4.78, 5) is 12.1. The SMILES string of the molecule is Cc1nn(C)c(C)c1CNC(=O)C1(C(N)=NO)CC1. The second-order valence-electron chi connectivity index (χ2n) is 5.02. The molecule has 1 aliphatic carbocycles. The summed E-state index contributed by atoms with van der Waals surface area (Å²) in [6, 6.07) is 0. The van der Waals surface area contributed by atoms with Gasteiger partial charge in [-0.1, -0.05) is 5.16 Å². The molecule has 19 heavy (non-hydrogen) atoms. The van der Waals surface area contributed by atoms with Gasteiger partial charge in [-0.25, -0.2) is 0 Å². The molecule has 0 spiro atoms. The largest absolute Gasteiger partial charge is 0.409 e. The summed E-state index contributed by atoms with van der Waals surface area (Å²) < 4.78 is 1.78. The first-order valence-corrected chi connectivity index (χ1v) is 6.18. The van der Waals surface area contributed by atoms with Crippen molar-refractivity contribution < 1.29 is 10.0 Å². The van der Waals surface area contributed by atoms with Crippen molar-refractivity contribution >= 4 is 11.7 Å². The monoisotopic (exact) mass is 265 g/mol. The topological polar surface area (TPSA) is 106 Å². The lowest BCUT2D eigenvalue weighted by atomic mass is 10.0. The molecule has 1 aromatic rings. The van der Waals surface area contributed by atoms with Crippen molar-refractivity contribution in [1.82, 2.24) is 15.1 Å². The highest BCUT2D eigenvalue weighted by Gasteiger charge is 2.54. The molecule has 0 saturated heterocycles. The number of nitrogens with zero attached hydrogens (tertiary/aromatic N) is 3. The molecule has 104 valence electrons. The van der Waals surface area contributed by atoms with Gasteiger partial charge >= 0.3 is 0 Å². The second-order valence-corrected chi connectivity index (χ2v) is 5.02. The van der Waals surface area contributed by atoms with Crippen molar-refractivity contribution in [3.05, 3.63) is 17.0 Å². The minimum atomic E-state index is -0.807. The van der Waals surface area contributed by atoms with Crippen molar-refractivity contribution in [3.8, 4) is 0 Å². The van der Waals surface area contributed by atoms with Crippen LogP contribution in [-0.4, -0.2) is 26.7 Å². The van der Waals surface area contributed by atoms with Gasteiger partial charge < -0.3 is 16.3 Å². The highest BCUT2D eigenvalue weighted by atomic mass is 16.4. The zero-order chi connectivity index (χ0) is 14.2. The average Bonchev–Trinajstić information content (AvgIpc) is 3.14. The molecule has 1 saturated carbocycles. The molecule has 1 aromatic heterocycles. The number of amidine groups is 1. The van der Waals surface area contributed by atoms with Gasteiger partial charge in [-0.3, -0.25) is 9.48 Å². The molecule has 4 N–H and O–H groups in total. The van der Waals surface area contributed by atoms with Crippen LogP contribution in [-0.2, 0) is 18.4 Å². The van der Waals surface area contributed by atoms with E-state index in [2.05, 4.69) is 15.6 Å². The average molecular weight is 265 g/mol. The van der Waals surface area contributed by atoms with Gasteiger partial charge in [0, 0.05) is 24.8 Å². The number of aryl methyl sites for hydroxylation is 2. The number of nitrogens with one attached hydrogen (secondary N) is 1. The fourth-order valence-electron chi connectivity index (χ4n) is 2.23. The maximum Gasteiger partial charge on any atom is 0.234 e. The minimum Gasteiger partial charge on any atom is -0.409 e. The summed E-state index contributed by atoms with van der Waals surface area (Å²) >= 11 is 0. The van der Waals surface area contributed by atoms with Crippen LogP contribution in [0.4, 0.5) is 0 Å². The Hall–Kier alpha value is -2.05. The van der Waals surface area contributed by atoms with Crippen LogP contribution in [0.5, 0.6) is 0 Å². The smallest absolute Gasteiger partial charge is 0.234 e. The Balaban J connectivity index is 2.06. The summed E-state index contributed by atoms with van der Waals surface area (Å²) in [7, 11) is 1.87. The van der Waals surface area contributed by atoms with E-state index in [-0.39, 0.29) is 11.7 Å². The van der Waals surface area contributed by atoms with Crippen LogP contribution in [0.15, 0.2) is 5.16 Å². The quantitative estimate of drug-likeness (QED) is 0.312. The molecule has 2 rings (SSSR count). The predicted molar refractivity (Wildman–Crippen MR) is 69.6 cm³/mol. The maximum atomic E-state index is 12.1. The maximum absolute atomic E-state index is 12.1. The number of nitrogens with two attached hydrogens (primary N) is 1. The fraction of sp³-hybridized carbons (Fsp3) is 0.583. The Morgan fingerprint density at radius 3 is 2.63 bits per heavy atom. The van der Waals surface area contributed by atoms with Crippen LogP contribution in [0, 0.1) is 19.3 Å². The number of amides is 1. The molecule has 0 aromatic carbocycles. The van der Waals surface area contributed by atoms with Crippen LogP contribution in [0.25, 0.3) is 0 Å². The first-order valence-electron chi connectivity index (χ1n) is 6.18.